The van der Waals surface area contributed by atoms with Gasteiger partial charge in [-0.25, -0.2) is 0 Å². The molecule has 2 heterocycles. The Balaban J connectivity index is 1.88. The van der Waals surface area contributed by atoms with Gasteiger partial charge in [0.25, 0.3) is 0 Å². The van der Waals surface area contributed by atoms with Gasteiger partial charge in [-0.2, -0.15) is 0 Å². The van der Waals surface area contributed by atoms with Crippen molar-refractivity contribution in [2.75, 3.05) is 39.5 Å². The second-order valence-corrected chi connectivity index (χ2v) is 5.09. The normalized spacial score (nSPS) is 39.4. The minimum Gasteiger partial charge on any atom is -0.396 e. The van der Waals surface area contributed by atoms with E-state index in [1.54, 1.807) is 0 Å². The molecule has 0 saturated carbocycles. The SMILES string of the molecule is CC1CCN(CC2(CO)CCOC2)C1. The molecule has 2 atom stereocenters. The van der Waals surface area contributed by atoms with E-state index in [4.69, 9.17) is 4.74 Å². The second kappa shape index (κ2) is 4.17. The third-order valence-electron chi connectivity index (χ3n) is 3.59. The molecule has 2 saturated heterocycles. The summed E-state index contributed by atoms with van der Waals surface area (Å²) in [7, 11) is 0. The van der Waals surface area contributed by atoms with Gasteiger partial charge in [0, 0.05) is 25.1 Å². The molecule has 0 bridgehead atoms. The maximum absolute atomic E-state index is 9.44. The van der Waals surface area contributed by atoms with Gasteiger partial charge in [0.1, 0.15) is 0 Å². The molecule has 82 valence electrons. The predicted molar refractivity (Wildman–Crippen MR) is 55.2 cm³/mol. The molecule has 0 aliphatic carbocycles. The van der Waals surface area contributed by atoms with Crippen LogP contribution in [-0.4, -0.2) is 49.5 Å². The average Bonchev–Trinajstić information content (AvgIpc) is 2.77. The molecule has 0 aromatic rings. The first-order valence-electron chi connectivity index (χ1n) is 5.65. The van der Waals surface area contributed by atoms with Gasteiger partial charge in [-0.15, -0.1) is 0 Å². The summed E-state index contributed by atoms with van der Waals surface area (Å²) in [6.07, 6.45) is 2.33. The fourth-order valence-corrected chi connectivity index (χ4v) is 2.59. The van der Waals surface area contributed by atoms with Crippen molar-refractivity contribution >= 4 is 0 Å². The minimum atomic E-state index is 0.0457. The van der Waals surface area contributed by atoms with Crippen LogP contribution in [0.25, 0.3) is 0 Å². The Labute approximate surface area is 86.0 Å². The van der Waals surface area contributed by atoms with Gasteiger partial charge in [-0.1, -0.05) is 6.92 Å². The Hall–Kier alpha value is -0.120. The molecule has 2 unspecified atom stereocenters. The highest BCUT2D eigenvalue weighted by atomic mass is 16.5. The number of aliphatic hydroxyl groups is 1. The lowest BCUT2D eigenvalue weighted by Gasteiger charge is -2.30. The summed E-state index contributed by atoms with van der Waals surface area (Å²) in [4.78, 5) is 2.48. The Bertz CT molecular complexity index is 190. The number of ether oxygens (including phenoxy) is 1. The van der Waals surface area contributed by atoms with Crippen molar-refractivity contribution in [2.24, 2.45) is 11.3 Å². The summed E-state index contributed by atoms with van der Waals surface area (Å²) in [6.45, 7) is 7.56. The van der Waals surface area contributed by atoms with Crippen LogP contribution >= 0.6 is 0 Å². The van der Waals surface area contributed by atoms with Crippen LogP contribution in [0.1, 0.15) is 19.8 Å². The predicted octanol–water partition coefficient (Wildman–Crippen LogP) is 0.727. The number of aliphatic hydroxyl groups excluding tert-OH is 1. The van der Waals surface area contributed by atoms with Crippen molar-refractivity contribution in [2.45, 2.75) is 19.8 Å². The molecule has 0 radical (unpaired) electrons. The molecule has 0 amide bonds. The van der Waals surface area contributed by atoms with E-state index < -0.39 is 0 Å². The molecular formula is C11H21NO2. The molecule has 2 fully saturated rings. The number of likely N-dealkylation sites (tertiary alicyclic amines) is 1. The molecule has 3 nitrogen and oxygen atoms in total. The summed E-state index contributed by atoms with van der Waals surface area (Å²) in [5.41, 5.74) is 0.0457. The van der Waals surface area contributed by atoms with Crippen LogP contribution < -0.4 is 0 Å². The fraction of sp³-hybridized carbons (Fsp3) is 1.00. The van der Waals surface area contributed by atoms with Gasteiger partial charge >= 0.3 is 0 Å². The zero-order valence-electron chi connectivity index (χ0n) is 9.04. The van der Waals surface area contributed by atoms with Gasteiger partial charge in [-0.05, 0) is 25.3 Å². The first kappa shape index (κ1) is 10.4. The third kappa shape index (κ3) is 2.10. The molecule has 3 heteroatoms. The molecular weight excluding hydrogens is 178 g/mol. The number of hydrogen-bond acceptors (Lipinski definition) is 3. The van der Waals surface area contributed by atoms with Crippen molar-refractivity contribution in [3.8, 4) is 0 Å². The summed E-state index contributed by atoms with van der Waals surface area (Å²) in [5.74, 6) is 0.827. The van der Waals surface area contributed by atoms with Crippen molar-refractivity contribution < 1.29 is 9.84 Å². The highest BCUT2D eigenvalue weighted by Crippen LogP contribution is 2.30. The topological polar surface area (TPSA) is 32.7 Å². The number of nitrogens with zero attached hydrogens (tertiary/aromatic N) is 1. The lowest BCUT2D eigenvalue weighted by atomic mass is 9.88. The molecule has 0 aromatic heterocycles. The number of rotatable bonds is 3. The van der Waals surface area contributed by atoms with Gasteiger partial charge in [0.2, 0.25) is 0 Å². The molecule has 2 aliphatic heterocycles. The van der Waals surface area contributed by atoms with Crippen LogP contribution in [0.4, 0.5) is 0 Å². The monoisotopic (exact) mass is 199 g/mol. The lowest BCUT2D eigenvalue weighted by molar-refractivity contribution is 0.0630. The fourth-order valence-electron chi connectivity index (χ4n) is 2.59. The Kier molecular flexibility index (Phi) is 3.10. The maximum Gasteiger partial charge on any atom is 0.0557 e. The van der Waals surface area contributed by atoms with Gasteiger partial charge in [0.15, 0.2) is 0 Å². The molecule has 14 heavy (non-hydrogen) atoms. The molecule has 0 spiro atoms. The van der Waals surface area contributed by atoms with Crippen LogP contribution in [0.2, 0.25) is 0 Å². The van der Waals surface area contributed by atoms with Crippen molar-refractivity contribution in [3.63, 3.8) is 0 Å². The largest absolute Gasteiger partial charge is 0.396 e. The first-order valence-corrected chi connectivity index (χ1v) is 5.65. The molecule has 0 aromatic carbocycles. The summed E-state index contributed by atoms with van der Waals surface area (Å²) < 4.78 is 5.40. The lowest BCUT2D eigenvalue weighted by Crippen LogP contribution is -2.39. The van der Waals surface area contributed by atoms with E-state index in [2.05, 4.69) is 11.8 Å². The van der Waals surface area contributed by atoms with E-state index in [1.807, 2.05) is 0 Å². The molecule has 2 rings (SSSR count). The van der Waals surface area contributed by atoms with Crippen molar-refractivity contribution in [1.82, 2.24) is 4.90 Å². The van der Waals surface area contributed by atoms with Crippen LogP contribution in [0.5, 0.6) is 0 Å². The zero-order chi connectivity index (χ0) is 10.0. The van der Waals surface area contributed by atoms with E-state index >= 15 is 0 Å². The summed E-state index contributed by atoms with van der Waals surface area (Å²) in [6, 6.07) is 0. The zero-order valence-corrected chi connectivity index (χ0v) is 9.04. The van der Waals surface area contributed by atoms with Crippen LogP contribution in [-0.2, 0) is 4.74 Å². The maximum atomic E-state index is 9.44. The Morgan fingerprint density at radius 1 is 1.57 bits per heavy atom. The van der Waals surface area contributed by atoms with Gasteiger partial charge in [-0.3, -0.25) is 0 Å². The van der Waals surface area contributed by atoms with E-state index in [9.17, 15) is 5.11 Å². The highest BCUT2D eigenvalue weighted by molar-refractivity contribution is 4.87. The summed E-state index contributed by atoms with van der Waals surface area (Å²) >= 11 is 0. The first-order chi connectivity index (χ1) is 6.74. The smallest absolute Gasteiger partial charge is 0.0557 e. The van der Waals surface area contributed by atoms with Gasteiger partial charge < -0.3 is 14.7 Å². The standard InChI is InChI=1S/C11H21NO2/c1-10-2-4-12(6-10)7-11(8-13)3-5-14-9-11/h10,13H,2-9H2,1H3. The Morgan fingerprint density at radius 3 is 2.93 bits per heavy atom. The second-order valence-electron chi connectivity index (χ2n) is 5.09. The van der Waals surface area contributed by atoms with E-state index in [0.29, 0.717) is 0 Å². The average molecular weight is 199 g/mol. The quantitative estimate of drug-likeness (QED) is 0.727. The molecule has 2 aliphatic rings. The van der Waals surface area contributed by atoms with E-state index in [1.165, 1.54) is 19.5 Å². The molecule has 1 N–H and O–H groups in total. The third-order valence-corrected chi connectivity index (χ3v) is 3.59. The van der Waals surface area contributed by atoms with E-state index in [0.717, 1.165) is 32.1 Å². The minimum absolute atomic E-state index is 0.0457. The van der Waals surface area contributed by atoms with Crippen molar-refractivity contribution in [1.29, 1.82) is 0 Å². The van der Waals surface area contributed by atoms with Crippen LogP contribution in [0, 0.1) is 11.3 Å². The highest BCUT2D eigenvalue weighted by Gasteiger charge is 2.37. The van der Waals surface area contributed by atoms with Gasteiger partial charge in [0.05, 0.1) is 13.2 Å². The summed E-state index contributed by atoms with van der Waals surface area (Å²) in [5, 5.41) is 9.44. The number of hydrogen-bond donors (Lipinski definition) is 1. The van der Waals surface area contributed by atoms with Crippen LogP contribution in [0.15, 0.2) is 0 Å². The Morgan fingerprint density at radius 2 is 2.43 bits per heavy atom. The van der Waals surface area contributed by atoms with E-state index in [-0.39, 0.29) is 12.0 Å². The van der Waals surface area contributed by atoms with Crippen LogP contribution in [0.3, 0.4) is 0 Å². The van der Waals surface area contributed by atoms with Crippen molar-refractivity contribution in [3.05, 3.63) is 0 Å².